The molecule has 2 rings (SSSR count). The number of pyridine rings is 1. The molecule has 0 aliphatic heterocycles. The van der Waals surface area contributed by atoms with E-state index in [2.05, 4.69) is 28.9 Å². The number of carboxylic acids is 1. The van der Waals surface area contributed by atoms with Crippen LogP contribution in [0.15, 0.2) is 24.5 Å². The molecule has 0 bridgehead atoms. The topological polar surface area (TPSA) is 80.9 Å². The van der Waals surface area contributed by atoms with E-state index in [1.807, 2.05) is 0 Å². The van der Waals surface area contributed by atoms with Crippen LogP contribution in [0.5, 0.6) is 0 Å². The van der Waals surface area contributed by atoms with Crippen LogP contribution in [0.2, 0.25) is 0 Å². The largest absolute Gasteiger partial charge is 0.480 e. The number of nitrogens with zero attached hydrogens (tertiary/aromatic N) is 4. The number of aromatic nitrogens is 4. The maximum Gasteiger partial charge on any atom is 0.325 e. The Morgan fingerprint density at radius 1 is 1.40 bits per heavy atom. The Morgan fingerprint density at radius 3 is 2.70 bits per heavy atom. The van der Waals surface area contributed by atoms with E-state index in [0.717, 1.165) is 5.56 Å². The van der Waals surface area contributed by atoms with Gasteiger partial charge in [-0.3, -0.25) is 9.78 Å². The highest BCUT2D eigenvalue weighted by Gasteiger charge is 2.14. The molecule has 0 amide bonds. The molecular formula is C13H16N4O2S. The average molecular weight is 292 g/mol. The van der Waals surface area contributed by atoms with Gasteiger partial charge in [0, 0.05) is 18.0 Å². The van der Waals surface area contributed by atoms with Gasteiger partial charge in [0.2, 0.25) is 0 Å². The molecule has 2 heterocycles. The summed E-state index contributed by atoms with van der Waals surface area (Å²) in [6.07, 6.45) is 3.32. The second kappa shape index (κ2) is 6.51. The van der Waals surface area contributed by atoms with E-state index in [1.54, 1.807) is 36.3 Å². The van der Waals surface area contributed by atoms with E-state index in [9.17, 15) is 4.79 Å². The molecule has 0 aliphatic rings. The minimum absolute atomic E-state index is 0.175. The third-order valence-corrected chi connectivity index (χ3v) is 3.61. The lowest BCUT2D eigenvalue weighted by molar-refractivity contribution is -0.137. The Hall–Kier alpha value is -1.89. The summed E-state index contributed by atoms with van der Waals surface area (Å²) >= 11 is 1.71. The molecule has 1 N–H and O–H groups in total. The lowest BCUT2D eigenvalue weighted by Crippen LogP contribution is -2.13. The van der Waals surface area contributed by atoms with Crippen molar-refractivity contribution in [1.82, 2.24) is 19.7 Å². The maximum absolute atomic E-state index is 10.9. The third-order valence-electron chi connectivity index (χ3n) is 2.52. The molecule has 0 fully saturated rings. The zero-order chi connectivity index (χ0) is 14.5. The monoisotopic (exact) mass is 292 g/mol. The van der Waals surface area contributed by atoms with Gasteiger partial charge in [0.25, 0.3) is 0 Å². The quantitative estimate of drug-likeness (QED) is 0.877. The lowest BCUT2D eigenvalue weighted by atomic mass is 10.3. The number of thioether (sulfide) groups is 1. The summed E-state index contributed by atoms with van der Waals surface area (Å²) in [5, 5.41) is 13.7. The Bertz CT molecular complexity index is 583. The minimum atomic E-state index is -0.924. The predicted octanol–water partition coefficient (Wildman–Crippen LogP) is 2.07. The van der Waals surface area contributed by atoms with Crippen molar-refractivity contribution < 1.29 is 9.90 Å². The van der Waals surface area contributed by atoms with E-state index in [1.165, 1.54) is 4.68 Å². The van der Waals surface area contributed by atoms with Gasteiger partial charge in [0.15, 0.2) is 5.82 Å². The molecule has 0 saturated carbocycles. The molecule has 0 radical (unpaired) electrons. The number of hydrogen-bond acceptors (Lipinski definition) is 5. The Labute approximate surface area is 121 Å². The van der Waals surface area contributed by atoms with Crippen molar-refractivity contribution in [1.29, 1.82) is 0 Å². The second-order valence-corrected chi connectivity index (χ2v) is 6.06. The fourth-order valence-electron chi connectivity index (χ4n) is 1.60. The summed E-state index contributed by atoms with van der Waals surface area (Å²) < 4.78 is 1.45. The van der Waals surface area contributed by atoms with Crippen LogP contribution in [0.25, 0.3) is 11.4 Å². The number of aliphatic carboxylic acids is 1. The van der Waals surface area contributed by atoms with Crippen LogP contribution in [-0.2, 0) is 17.1 Å². The molecular weight excluding hydrogens is 276 g/mol. The average Bonchev–Trinajstić information content (AvgIpc) is 2.80. The van der Waals surface area contributed by atoms with Gasteiger partial charge in [-0.25, -0.2) is 9.67 Å². The third kappa shape index (κ3) is 3.80. The summed E-state index contributed by atoms with van der Waals surface area (Å²) in [5.74, 6) is 0.932. The van der Waals surface area contributed by atoms with Gasteiger partial charge in [0.1, 0.15) is 12.4 Å². The van der Waals surface area contributed by atoms with Gasteiger partial charge in [0.05, 0.1) is 5.75 Å². The smallest absolute Gasteiger partial charge is 0.325 e. The molecule has 0 aromatic carbocycles. The summed E-state index contributed by atoms with van der Waals surface area (Å²) in [4.78, 5) is 19.3. The molecule has 0 aliphatic carbocycles. The Kier molecular flexibility index (Phi) is 4.73. The SMILES string of the molecule is CC(C)SCc1nc(-c2ccncc2)nn1CC(=O)O. The zero-order valence-corrected chi connectivity index (χ0v) is 12.2. The molecule has 0 unspecified atom stereocenters. The van der Waals surface area contributed by atoms with E-state index in [-0.39, 0.29) is 6.54 Å². The first-order valence-corrected chi connectivity index (χ1v) is 7.28. The van der Waals surface area contributed by atoms with Crippen molar-refractivity contribution >= 4 is 17.7 Å². The molecule has 6 nitrogen and oxygen atoms in total. The zero-order valence-electron chi connectivity index (χ0n) is 11.4. The van der Waals surface area contributed by atoms with Gasteiger partial charge >= 0.3 is 5.97 Å². The van der Waals surface area contributed by atoms with Crippen molar-refractivity contribution in [2.45, 2.75) is 31.4 Å². The van der Waals surface area contributed by atoms with Crippen LogP contribution in [0, 0.1) is 0 Å². The first-order chi connectivity index (χ1) is 9.56. The minimum Gasteiger partial charge on any atom is -0.480 e. The standard InChI is InChI=1S/C13H16N4O2S/c1-9(2)20-8-11-15-13(10-3-5-14-6-4-10)16-17(11)7-12(18)19/h3-6,9H,7-8H2,1-2H3,(H,18,19). The molecule has 2 aromatic heterocycles. The van der Waals surface area contributed by atoms with Crippen molar-refractivity contribution in [2.24, 2.45) is 0 Å². The summed E-state index contributed by atoms with van der Waals surface area (Å²) in [5.41, 5.74) is 0.833. The molecule has 0 atom stereocenters. The molecule has 2 aromatic rings. The molecule has 20 heavy (non-hydrogen) atoms. The van der Waals surface area contributed by atoms with Gasteiger partial charge < -0.3 is 5.11 Å². The predicted molar refractivity (Wildman–Crippen MR) is 77.3 cm³/mol. The summed E-state index contributed by atoms with van der Waals surface area (Å²) in [7, 11) is 0. The van der Waals surface area contributed by atoms with Crippen molar-refractivity contribution in [3.05, 3.63) is 30.4 Å². The van der Waals surface area contributed by atoms with Crippen LogP contribution >= 0.6 is 11.8 Å². The molecule has 0 saturated heterocycles. The van der Waals surface area contributed by atoms with Crippen LogP contribution in [-0.4, -0.2) is 36.1 Å². The van der Waals surface area contributed by atoms with E-state index in [0.29, 0.717) is 22.7 Å². The van der Waals surface area contributed by atoms with E-state index >= 15 is 0 Å². The summed E-state index contributed by atoms with van der Waals surface area (Å²) in [6.45, 7) is 4.00. The van der Waals surface area contributed by atoms with E-state index < -0.39 is 5.97 Å². The fourth-order valence-corrected chi connectivity index (χ4v) is 2.30. The summed E-state index contributed by atoms with van der Waals surface area (Å²) in [6, 6.07) is 3.61. The number of rotatable bonds is 6. The normalized spacial score (nSPS) is 10.9. The lowest BCUT2D eigenvalue weighted by Gasteiger charge is -2.04. The maximum atomic E-state index is 10.9. The van der Waals surface area contributed by atoms with Crippen molar-refractivity contribution in [2.75, 3.05) is 0 Å². The van der Waals surface area contributed by atoms with Gasteiger partial charge in [-0.1, -0.05) is 13.8 Å². The second-order valence-electron chi connectivity index (χ2n) is 4.50. The number of hydrogen-bond donors (Lipinski definition) is 1. The first kappa shape index (κ1) is 14.5. The van der Waals surface area contributed by atoms with Gasteiger partial charge in [-0.15, -0.1) is 0 Å². The number of carboxylic acid groups (broad SMARTS) is 1. The van der Waals surface area contributed by atoms with Gasteiger partial charge in [-0.05, 0) is 17.4 Å². The van der Waals surface area contributed by atoms with Gasteiger partial charge in [-0.2, -0.15) is 16.9 Å². The van der Waals surface area contributed by atoms with Crippen LogP contribution < -0.4 is 0 Å². The van der Waals surface area contributed by atoms with E-state index in [4.69, 9.17) is 5.11 Å². The molecule has 7 heteroatoms. The fraction of sp³-hybridized carbons (Fsp3) is 0.385. The Morgan fingerprint density at radius 2 is 2.10 bits per heavy atom. The Balaban J connectivity index is 2.28. The molecule has 0 spiro atoms. The first-order valence-electron chi connectivity index (χ1n) is 6.23. The highest BCUT2D eigenvalue weighted by atomic mass is 32.2. The van der Waals surface area contributed by atoms with Crippen LogP contribution in [0.1, 0.15) is 19.7 Å². The highest BCUT2D eigenvalue weighted by Crippen LogP contribution is 2.19. The number of carbonyl (C=O) groups is 1. The molecule has 106 valence electrons. The van der Waals surface area contributed by atoms with Crippen molar-refractivity contribution in [3.8, 4) is 11.4 Å². The van der Waals surface area contributed by atoms with Crippen LogP contribution in [0.3, 0.4) is 0 Å². The van der Waals surface area contributed by atoms with Crippen molar-refractivity contribution in [3.63, 3.8) is 0 Å². The van der Waals surface area contributed by atoms with Crippen LogP contribution in [0.4, 0.5) is 0 Å². The highest BCUT2D eigenvalue weighted by molar-refractivity contribution is 7.99.